The summed E-state index contributed by atoms with van der Waals surface area (Å²) < 4.78 is 5.31. The monoisotopic (exact) mass is 496 g/mol. The zero-order valence-electron chi connectivity index (χ0n) is 16.4. The summed E-state index contributed by atoms with van der Waals surface area (Å²) in [4.78, 5) is 30.8. The summed E-state index contributed by atoms with van der Waals surface area (Å²) in [6.45, 7) is 1.37. The van der Waals surface area contributed by atoms with Crippen molar-refractivity contribution in [1.29, 1.82) is 0 Å². The maximum Gasteiger partial charge on any atom is 0.355 e. The van der Waals surface area contributed by atoms with Crippen molar-refractivity contribution in [3.05, 3.63) is 73.5 Å². The number of benzene rings is 2. The van der Waals surface area contributed by atoms with Gasteiger partial charge >= 0.3 is 5.69 Å². The molecule has 0 aliphatic heterocycles. The van der Waals surface area contributed by atoms with E-state index >= 15 is 0 Å². The van der Waals surface area contributed by atoms with E-state index in [1.165, 1.54) is 12.1 Å². The molecule has 0 aliphatic rings. The number of amides is 1. The second-order valence-electron chi connectivity index (χ2n) is 6.30. The van der Waals surface area contributed by atoms with Gasteiger partial charge in [0.05, 0.1) is 9.95 Å². The fourth-order valence-corrected chi connectivity index (χ4v) is 3.22. The third-order valence-electron chi connectivity index (χ3n) is 4.02. The number of nitrogens with zero attached hydrogens (tertiary/aromatic N) is 3. The molecule has 0 spiro atoms. The summed E-state index contributed by atoms with van der Waals surface area (Å²) in [5.74, 6) is -0.676. The van der Waals surface area contributed by atoms with E-state index in [4.69, 9.17) is 39.5 Å². The molecule has 0 saturated carbocycles. The number of anilines is 3. The predicted octanol–water partition coefficient (Wildman–Crippen LogP) is 4.92. The van der Waals surface area contributed by atoms with E-state index in [2.05, 4.69) is 26.1 Å². The van der Waals surface area contributed by atoms with Crippen LogP contribution in [0.1, 0.15) is 5.56 Å². The molecule has 166 valence electrons. The highest BCUT2D eigenvalue weighted by atomic mass is 35.5. The van der Waals surface area contributed by atoms with Crippen molar-refractivity contribution < 1.29 is 14.5 Å². The Morgan fingerprint density at radius 1 is 1.09 bits per heavy atom. The Labute approximate surface area is 197 Å². The zero-order chi connectivity index (χ0) is 23.3. The number of hydrazine groups is 1. The highest BCUT2D eigenvalue weighted by Crippen LogP contribution is 2.32. The molecule has 13 heteroatoms. The van der Waals surface area contributed by atoms with Crippen LogP contribution in [0.2, 0.25) is 15.1 Å². The van der Waals surface area contributed by atoms with Crippen molar-refractivity contribution in [2.45, 2.75) is 6.92 Å². The lowest BCUT2D eigenvalue weighted by molar-refractivity contribution is -0.383. The van der Waals surface area contributed by atoms with Gasteiger partial charge in [-0.2, -0.15) is 0 Å². The maximum absolute atomic E-state index is 12.1. The number of rotatable bonds is 8. The summed E-state index contributed by atoms with van der Waals surface area (Å²) in [5.41, 5.74) is 5.55. The van der Waals surface area contributed by atoms with Gasteiger partial charge in [-0.3, -0.25) is 25.8 Å². The Morgan fingerprint density at radius 2 is 1.78 bits per heavy atom. The third kappa shape index (κ3) is 5.88. The summed E-state index contributed by atoms with van der Waals surface area (Å²) in [7, 11) is 0. The summed E-state index contributed by atoms with van der Waals surface area (Å²) in [6.07, 6.45) is 1.11. The second kappa shape index (κ2) is 10.3. The van der Waals surface area contributed by atoms with Crippen molar-refractivity contribution in [3.63, 3.8) is 0 Å². The average molecular weight is 498 g/mol. The minimum Gasteiger partial charge on any atom is -0.482 e. The number of carbonyl (C=O) groups excluding carboxylic acids is 1. The van der Waals surface area contributed by atoms with Gasteiger partial charge in [-0.05, 0) is 48.9 Å². The van der Waals surface area contributed by atoms with Crippen LogP contribution in [-0.4, -0.2) is 27.4 Å². The van der Waals surface area contributed by atoms with Gasteiger partial charge in [-0.15, -0.1) is 0 Å². The van der Waals surface area contributed by atoms with Gasteiger partial charge in [0.1, 0.15) is 12.1 Å². The van der Waals surface area contributed by atoms with Gasteiger partial charge in [-0.25, -0.2) is 9.97 Å². The highest BCUT2D eigenvalue weighted by Gasteiger charge is 2.24. The largest absolute Gasteiger partial charge is 0.482 e. The van der Waals surface area contributed by atoms with E-state index in [0.29, 0.717) is 15.7 Å². The molecule has 0 bridgehead atoms. The third-order valence-corrected chi connectivity index (χ3v) is 4.78. The van der Waals surface area contributed by atoms with E-state index in [0.717, 1.165) is 11.9 Å². The molecule has 0 radical (unpaired) electrons. The van der Waals surface area contributed by atoms with E-state index in [-0.39, 0.29) is 22.4 Å². The molecule has 1 amide bonds. The van der Waals surface area contributed by atoms with Crippen LogP contribution in [0.4, 0.5) is 23.0 Å². The molecule has 1 heterocycles. The molecule has 10 nitrogen and oxygen atoms in total. The number of ether oxygens (including phenoxy) is 1. The molecule has 0 atom stereocenters. The van der Waals surface area contributed by atoms with Crippen LogP contribution in [0.25, 0.3) is 0 Å². The van der Waals surface area contributed by atoms with E-state index in [9.17, 15) is 14.9 Å². The smallest absolute Gasteiger partial charge is 0.355 e. The summed E-state index contributed by atoms with van der Waals surface area (Å²) >= 11 is 17.7. The minimum absolute atomic E-state index is 0.0728. The molecule has 32 heavy (non-hydrogen) atoms. The number of nitrogens with one attached hydrogen (secondary N) is 3. The fraction of sp³-hybridized carbons (Fsp3) is 0.105. The predicted molar refractivity (Wildman–Crippen MR) is 122 cm³/mol. The first kappa shape index (κ1) is 23.3. The Bertz CT molecular complexity index is 1180. The normalized spacial score (nSPS) is 10.4. The molecule has 3 N–H and O–H groups in total. The van der Waals surface area contributed by atoms with E-state index < -0.39 is 23.1 Å². The summed E-state index contributed by atoms with van der Waals surface area (Å²) in [6, 6.07) is 9.53. The fourth-order valence-electron chi connectivity index (χ4n) is 2.53. The van der Waals surface area contributed by atoms with Crippen molar-refractivity contribution in [2.75, 3.05) is 17.3 Å². The van der Waals surface area contributed by atoms with Gasteiger partial charge < -0.3 is 10.1 Å². The molecule has 3 rings (SSSR count). The first-order valence-electron chi connectivity index (χ1n) is 8.90. The number of carbonyl (C=O) groups is 1. The van der Waals surface area contributed by atoms with Crippen LogP contribution in [0.3, 0.4) is 0 Å². The maximum atomic E-state index is 12.1. The first-order chi connectivity index (χ1) is 15.2. The number of nitro groups is 1. The molecule has 0 aliphatic carbocycles. The topological polar surface area (TPSA) is 131 Å². The Hall–Kier alpha value is -3.34. The molecule has 1 aromatic heterocycles. The van der Waals surface area contributed by atoms with Crippen molar-refractivity contribution in [2.24, 2.45) is 0 Å². The lowest BCUT2D eigenvalue weighted by Crippen LogP contribution is -2.34. The zero-order valence-corrected chi connectivity index (χ0v) is 18.6. The minimum atomic E-state index is -0.675. The average Bonchev–Trinajstić information content (AvgIpc) is 2.73. The van der Waals surface area contributed by atoms with Gasteiger partial charge in [0.2, 0.25) is 11.6 Å². The van der Waals surface area contributed by atoms with Crippen LogP contribution >= 0.6 is 34.8 Å². The molecular formula is C19H15Cl3N6O4. The Kier molecular flexibility index (Phi) is 7.52. The summed E-state index contributed by atoms with van der Waals surface area (Å²) in [5, 5.41) is 15.7. The Balaban J connectivity index is 1.70. The first-order valence-corrected chi connectivity index (χ1v) is 10.0. The lowest BCUT2D eigenvalue weighted by atomic mass is 10.2. The van der Waals surface area contributed by atoms with E-state index in [1.54, 1.807) is 31.2 Å². The molecule has 3 aromatic rings. The lowest BCUT2D eigenvalue weighted by Gasteiger charge is -2.13. The second-order valence-corrected chi connectivity index (χ2v) is 7.58. The molecule has 0 unspecified atom stereocenters. The number of hydrogen-bond acceptors (Lipinski definition) is 8. The van der Waals surface area contributed by atoms with Crippen LogP contribution in [0, 0.1) is 17.0 Å². The van der Waals surface area contributed by atoms with Crippen molar-refractivity contribution in [3.8, 4) is 5.75 Å². The number of aryl methyl sites for hydroxylation is 1. The van der Waals surface area contributed by atoms with Gasteiger partial charge in [-0.1, -0.05) is 34.8 Å². The van der Waals surface area contributed by atoms with Crippen LogP contribution in [-0.2, 0) is 4.79 Å². The molecule has 0 fully saturated rings. The van der Waals surface area contributed by atoms with E-state index in [1.807, 2.05) is 0 Å². The number of hydrogen-bond donors (Lipinski definition) is 3. The van der Waals surface area contributed by atoms with Gasteiger partial charge in [0, 0.05) is 15.7 Å². The van der Waals surface area contributed by atoms with Crippen LogP contribution < -0.4 is 20.9 Å². The molecular weight excluding hydrogens is 483 g/mol. The van der Waals surface area contributed by atoms with Gasteiger partial charge in [0.25, 0.3) is 5.91 Å². The number of aromatic nitrogens is 2. The SMILES string of the molecule is Cc1cc(Cl)ccc1Nc1ncnc(NNC(=O)COc2ccc(Cl)cc2Cl)c1[N+](=O)[O-]. The number of halogens is 3. The standard InChI is InChI=1S/C19H15Cl3N6O4/c1-10-6-11(20)2-4-14(10)25-18-17(28(30)31)19(24-9-23-18)27-26-16(29)8-32-15-5-3-12(21)7-13(15)22/h2-7,9H,8H2,1H3,(H,26,29)(H2,23,24,25,27). The van der Waals surface area contributed by atoms with Crippen molar-refractivity contribution >= 4 is 63.7 Å². The van der Waals surface area contributed by atoms with Crippen molar-refractivity contribution in [1.82, 2.24) is 15.4 Å². The highest BCUT2D eigenvalue weighted by molar-refractivity contribution is 6.35. The Morgan fingerprint density at radius 3 is 2.47 bits per heavy atom. The van der Waals surface area contributed by atoms with Crippen LogP contribution in [0.15, 0.2) is 42.7 Å². The van der Waals surface area contributed by atoms with Gasteiger partial charge in [0.15, 0.2) is 6.61 Å². The van der Waals surface area contributed by atoms with Crippen LogP contribution in [0.5, 0.6) is 5.75 Å². The quantitative estimate of drug-likeness (QED) is 0.295. The molecule has 0 saturated heterocycles. The molecule has 2 aromatic carbocycles.